The predicted octanol–water partition coefficient (Wildman–Crippen LogP) is 2.28. The lowest BCUT2D eigenvalue weighted by molar-refractivity contribution is -0.151. The molecule has 5 rings (SSSR count). The summed E-state index contributed by atoms with van der Waals surface area (Å²) in [5.41, 5.74) is 0.888. The first kappa shape index (κ1) is 20.0. The monoisotopic (exact) mass is 420 g/mol. The average Bonchev–Trinajstić information content (AvgIpc) is 2.66. The summed E-state index contributed by atoms with van der Waals surface area (Å²) < 4.78 is 18.7. The number of nitrogens with one attached hydrogen (secondary N) is 2. The lowest BCUT2D eigenvalue weighted by Gasteiger charge is -2.71. The molecule has 154 valence electrons. The van der Waals surface area contributed by atoms with E-state index in [9.17, 15) is 14.3 Å². The van der Waals surface area contributed by atoms with Crippen molar-refractivity contribution in [1.29, 1.82) is 0 Å². The van der Waals surface area contributed by atoms with E-state index in [4.69, 9.17) is 16.3 Å². The molecule has 1 atom stereocenters. The fraction of sp³-hybridized carbons (Fsp3) is 0.450. The Hall–Kier alpha value is -2.29. The van der Waals surface area contributed by atoms with Gasteiger partial charge in [0.1, 0.15) is 23.5 Å². The van der Waals surface area contributed by atoms with Gasteiger partial charge in [0, 0.05) is 23.3 Å². The third kappa shape index (κ3) is 4.05. The Morgan fingerprint density at radius 2 is 2.07 bits per heavy atom. The van der Waals surface area contributed by atoms with Gasteiger partial charge < -0.3 is 15.2 Å². The number of benzene rings is 1. The summed E-state index contributed by atoms with van der Waals surface area (Å²) in [7, 11) is 0. The van der Waals surface area contributed by atoms with E-state index in [1.165, 1.54) is 12.1 Å². The quantitative estimate of drug-likeness (QED) is 0.567. The molecular formula is C20H22ClFN4O3. The van der Waals surface area contributed by atoms with E-state index < -0.39 is 12.0 Å². The second-order valence-electron chi connectivity index (χ2n) is 7.84. The van der Waals surface area contributed by atoms with E-state index in [-0.39, 0.29) is 34.4 Å². The van der Waals surface area contributed by atoms with Crippen LogP contribution >= 0.6 is 11.6 Å². The van der Waals surface area contributed by atoms with Crippen LogP contribution in [0.1, 0.15) is 43.8 Å². The molecule has 3 fully saturated rings. The number of amides is 1. The fourth-order valence-electron chi connectivity index (χ4n) is 4.17. The first-order valence-electron chi connectivity index (χ1n) is 9.47. The van der Waals surface area contributed by atoms with Crippen molar-refractivity contribution in [3.63, 3.8) is 0 Å². The summed E-state index contributed by atoms with van der Waals surface area (Å²) in [5, 5.41) is 16.5. The van der Waals surface area contributed by atoms with Crippen LogP contribution in [0.15, 0.2) is 30.6 Å². The normalized spacial score (nSPS) is 25.5. The molecule has 1 heterocycles. The summed E-state index contributed by atoms with van der Waals surface area (Å²) in [6, 6.07) is 4.04. The van der Waals surface area contributed by atoms with Crippen molar-refractivity contribution < 1.29 is 19.0 Å². The molecule has 2 aromatic rings. The smallest absolute Gasteiger partial charge is 0.258 e. The summed E-state index contributed by atoms with van der Waals surface area (Å²) in [6.45, 7) is 1.79. The van der Waals surface area contributed by atoms with Crippen molar-refractivity contribution in [1.82, 2.24) is 20.6 Å². The Balaban J connectivity index is 1.23. The zero-order valence-electron chi connectivity index (χ0n) is 15.9. The number of rotatable bonds is 8. The Kier molecular flexibility index (Phi) is 5.18. The minimum atomic E-state index is -0.898. The average molecular weight is 421 g/mol. The van der Waals surface area contributed by atoms with Crippen LogP contribution in [0, 0.1) is 5.82 Å². The molecule has 3 saturated carbocycles. The summed E-state index contributed by atoms with van der Waals surface area (Å²) in [5.74, 6) is -0.615. The number of carbonyl (C=O) groups is 1. The number of ether oxygens (including phenoxy) is 1. The summed E-state index contributed by atoms with van der Waals surface area (Å²) in [4.78, 5) is 20.7. The molecule has 1 amide bonds. The first-order chi connectivity index (χ1) is 13.8. The highest BCUT2D eigenvalue weighted by molar-refractivity contribution is 6.30. The number of aromatic nitrogens is 2. The van der Waals surface area contributed by atoms with Gasteiger partial charge in [-0.05, 0) is 37.8 Å². The standard InChI is InChI=1S/C20H22ClFN4O3/c1-2-12-6-24-16(7-23-12)18(28)26-20-9-19(10-20,11-20)25-17(27)8-29-13-3-4-14(21)15(22)5-13/h3-7,18,26,28H,2,8-11H2,1H3,(H,25,27). The van der Waals surface area contributed by atoms with Gasteiger partial charge in [0.05, 0.1) is 16.9 Å². The molecule has 0 saturated heterocycles. The molecule has 1 aromatic carbocycles. The number of aliphatic hydroxyl groups is 1. The van der Waals surface area contributed by atoms with E-state index in [1.54, 1.807) is 12.4 Å². The molecule has 7 nitrogen and oxygen atoms in total. The number of halogens is 2. The maximum atomic E-state index is 13.4. The topological polar surface area (TPSA) is 96.4 Å². The van der Waals surface area contributed by atoms with E-state index in [2.05, 4.69) is 20.6 Å². The number of hydrogen-bond donors (Lipinski definition) is 3. The van der Waals surface area contributed by atoms with Crippen molar-refractivity contribution in [2.75, 3.05) is 6.61 Å². The van der Waals surface area contributed by atoms with Crippen LogP contribution in [0.5, 0.6) is 5.75 Å². The third-order valence-electron chi connectivity index (χ3n) is 5.51. The van der Waals surface area contributed by atoms with Gasteiger partial charge in [-0.25, -0.2) is 4.39 Å². The van der Waals surface area contributed by atoms with Gasteiger partial charge in [0.2, 0.25) is 0 Å². The Labute approximate surface area is 172 Å². The van der Waals surface area contributed by atoms with Crippen molar-refractivity contribution in [3.05, 3.63) is 52.8 Å². The molecule has 0 spiro atoms. The lowest BCUT2D eigenvalue weighted by Crippen LogP contribution is -2.83. The van der Waals surface area contributed by atoms with E-state index in [0.717, 1.165) is 37.4 Å². The molecule has 2 bridgehead atoms. The maximum absolute atomic E-state index is 13.4. The highest BCUT2D eigenvalue weighted by Crippen LogP contribution is 2.60. The van der Waals surface area contributed by atoms with Gasteiger partial charge in [-0.3, -0.25) is 20.1 Å². The Bertz CT molecular complexity index is 905. The molecule has 0 aliphatic heterocycles. The van der Waals surface area contributed by atoms with Crippen LogP contribution in [0.3, 0.4) is 0 Å². The van der Waals surface area contributed by atoms with Gasteiger partial charge in [-0.1, -0.05) is 18.5 Å². The van der Waals surface area contributed by atoms with E-state index >= 15 is 0 Å². The van der Waals surface area contributed by atoms with Gasteiger partial charge in [0.15, 0.2) is 6.61 Å². The molecule has 3 N–H and O–H groups in total. The molecule has 9 heteroatoms. The molecule has 0 radical (unpaired) electrons. The van der Waals surface area contributed by atoms with Gasteiger partial charge >= 0.3 is 0 Å². The maximum Gasteiger partial charge on any atom is 0.258 e. The van der Waals surface area contributed by atoms with Crippen molar-refractivity contribution >= 4 is 17.5 Å². The van der Waals surface area contributed by atoms with Crippen LogP contribution in [0.4, 0.5) is 4.39 Å². The highest BCUT2D eigenvalue weighted by atomic mass is 35.5. The second kappa shape index (κ2) is 7.51. The highest BCUT2D eigenvalue weighted by Gasteiger charge is 2.69. The van der Waals surface area contributed by atoms with Gasteiger partial charge in [-0.2, -0.15) is 0 Å². The number of carbonyl (C=O) groups excluding carboxylic acids is 1. The van der Waals surface area contributed by atoms with Crippen molar-refractivity contribution in [2.45, 2.75) is 49.9 Å². The van der Waals surface area contributed by atoms with Crippen molar-refractivity contribution in [3.8, 4) is 5.75 Å². The van der Waals surface area contributed by atoms with Gasteiger partial charge in [0.25, 0.3) is 5.91 Å². The minimum absolute atomic E-state index is 0.00272. The molecule has 3 aliphatic rings. The minimum Gasteiger partial charge on any atom is -0.484 e. The molecule has 3 aliphatic carbocycles. The van der Waals surface area contributed by atoms with Crippen LogP contribution < -0.4 is 15.4 Å². The SMILES string of the molecule is CCc1cnc(C(O)NC23CC(NC(=O)COc4ccc(Cl)c(F)c4)(C2)C3)cn1. The Morgan fingerprint density at radius 3 is 2.69 bits per heavy atom. The molecule has 29 heavy (non-hydrogen) atoms. The van der Waals surface area contributed by atoms with E-state index in [0.29, 0.717) is 5.69 Å². The molecule has 1 aromatic heterocycles. The largest absolute Gasteiger partial charge is 0.484 e. The van der Waals surface area contributed by atoms with Crippen LogP contribution in [-0.4, -0.2) is 38.7 Å². The van der Waals surface area contributed by atoms with E-state index in [1.807, 2.05) is 6.92 Å². The molecule has 1 unspecified atom stereocenters. The lowest BCUT2D eigenvalue weighted by atomic mass is 9.44. The summed E-state index contributed by atoms with van der Waals surface area (Å²) >= 11 is 5.62. The number of aryl methyl sites for hydroxylation is 1. The predicted molar refractivity (Wildman–Crippen MR) is 104 cm³/mol. The fourth-order valence-corrected chi connectivity index (χ4v) is 4.29. The first-order valence-corrected chi connectivity index (χ1v) is 9.85. The third-order valence-corrected chi connectivity index (χ3v) is 5.81. The zero-order chi connectivity index (χ0) is 20.6. The number of aliphatic hydroxyl groups excluding tert-OH is 1. The number of nitrogens with zero attached hydrogens (tertiary/aromatic N) is 2. The van der Waals surface area contributed by atoms with Crippen LogP contribution in [0.25, 0.3) is 0 Å². The molecular weight excluding hydrogens is 399 g/mol. The van der Waals surface area contributed by atoms with Crippen molar-refractivity contribution in [2.24, 2.45) is 0 Å². The number of hydrogen-bond acceptors (Lipinski definition) is 6. The van der Waals surface area contributed by atoms with Crippen LogP contribution in [-0.2, 0) is 11.2 Å². The second-order valence-corrected chi connectivity index (χ2v) is 8.24. The Morgan fingerprint density at radius 1 is 1.31 bits per heavy atom. The van der Waals surface area contributed by atoms with Gasteiger partial charge in [-0.15, -0.1) is 0 Å². The van der Waals surface area contributed by atoms with Crippen LogP contribution in [0.2, 0.25) is 5.02 Å². The zero-order valence-corrected chi connectivity index (χ0v) is 16.7. The summed E-state index contributed by atoms with van der Waals surface area (Å²) in [6.07, 6.45) is 5.30.